The number of nitrogens with one attached hydrogen (secondary N) is 2. The first kappa shape index (κ1) is 22.7. The maximum Gasteiger partial charge on any atom is 0.227 e. The van der Waals surface area contributed by atoms with E-state index in [-0.39, 0.29) is 17.7 Å². The Morgan fingerprint density at radius 3 is 2.52 bits per heavy atom. The van der Waals surface area contributed by atoms with Gasteiger partial charge < -0.3 is 15.5 Å². The summed E-state index contributed by atoms with van der Waals surface area (Å²) in [6, 6.07) is 24.6. The van der Waals surface area contributed by atoms with Crippen LogP contribution in [0.1, 0.15) is 29.5 Å². The highest BCUT2D eigenvalue weighted by atomic mass is 16.2. The zero-order chi connectivity index (χ0) is 23.2. The van der Waals surface area contributed by atoms with Gasteiger partial charge >= 0.3 is 0 Å². The summed E-state index contributed by atoms with van der Waals surface area (Å²) in [6.45, 7) is 1.37. The van der Waals surface area contributed by atoms with Gasteiger partial charge in [-0.1, -0.05) is 66.7 Å². The number of amides is 2. The average Bonchev–Trinajstić information content (AvgIpc) is 2.82. The van der Waals surface area contributed by atoms with Crippen LogP contribution in [-0.2, 0) is 29.1 Å². The topological polar surface area (TPSA) is 61.4 Å². The molecule has 3 aromatic rings. The second-order valence-corrected chi connectivity index (χ2v) is 8.95. The number of fused-ring (bicyclic) bond motifs is 1. The lowest BCUT2D eigenvalue weighted by Gasteiger charge is -2.24. The van der Waals surface area contributed by atoms with Gasteiger partial charge in [0.15, 0.2) is 0 Å². The third-order valence-corrected chi connectivity index (χ3v) is 6.09. The molecule has 1 aliphatic rings. The Balaban J connectivity index is 1.33. The van der Waals surface area contributed by atoms with Gasteiger partial charge in [0.1, 0.15) is 0 Å². The number of hydrogen-bond acceptors (Lipinski definition) is 3. The lowest BCUT2D eigenvalue weighted by Crippen LogP contribution is -2.31. The fourth-order valence-electron chi connectivity index (χ4n) is 4.34. The second-order valence-electron chi connectivity index (χ2n) is 8.95. The van der Waals surface area contributed by atoms with Crippen LogP contribution in [0.5, 0.6) is 0 Å². The highest BCUT2D eigenvalue weighted by molar-refractivity contribution is 5.96. The molecule has 0 aromatic heterocycles. The molecule has 2 amide bonds. The molecule has 5 nitrogen and oxygen atoms in total. The monoisotopic (exact) mass is 441 g/mol. The Hall–Kier alpha value is -3.44. The van der Waals surface area contributed by atoms with Crippen LogP contribution in [0.25, 0.3) is 11.1 Å². The SMILES string of the molecule is CN(C)Cc1ccc(-c2ccccc2CNC(=O)CC[C@H]2Cc3ccccc3NC2=O)cc1. The number of anilines is 1. The summed E-state index contributed by atoms with van der Waals surface area (Å²) in [5, 5.41) is 6.00. The van der Waals surface area contributed by atoms with Crippen molar-refractivity contribution in [3.63, 3.8) is 0 Å². The van der Waals surface area contributed by atoms with Crippen LogP contribution in [-0.4, -0.2) is 30.8 Å². The Labute approximate surface area is 195 Å². The molecule has 0 bridgehead atoms. The van der Waals surface area contributed by atoms with Gasteiger partial charge in [-0.3, -0.25) is 9.59 Å². The maximum atomic E-state index is 12.6. The molecule has 3 aromatic carbocycles. The Morgan fingerprint density at radius 2 is 1.73 bits per heavy atom. The van der Waals surface area contributed by atoms with E-state index in [1.807, 2.05) is 36.4 Å². The first-order valence-corrected chi connectivity index (χ1v) is 11.5. The van der Waals surface area contributed by atoms with Crippen molar-refractivity contribution in [1.29, 1.82) is 0 Å². The molecule has 2 N–H and O–H groups in total. The molecule has 1 heterocycles. The molecule has 0 radical (unpaired) electrons. The first-order chi connectivity index (χ1) is 16.0. The van der Waals surface area contributed by atoms with Crippen molar-refractivity contribution < 1.29 is 9.59 Å². The summed E-state index contributed by atoms with van der Waals surface area (Å²) in [5.41, 5.74) is 6.62. The molecule has 0 aliphatic carbocycles. The predicted molar refractivity (Wildman–Crippen MR) is 133 cm³/mol. The number of para-hydroxylation sites is 1. The quantitative estimate of drug-likeness (QED) is 0.536. The van der Waals surface area contributed by atoms with Crippen LogP contribution in [0, 0.1) is 5.92 Å². The molecular weight excluding hydrogens is 410 g/mol. The lowest BCUT2D eigenvalue weighted by molar-refractivity contribution is -0.122. The summed E-state index contributed by atoms with van der Waals surface area (Å²) < 4.78 is 0. The largest absolute Gasteiger partial charge is 0.352 e. The molecule has 170 valence electrons. The van der Waals surface area contributed by atoms with Crippen molar-refractivity contribution in [2.75, 3.05) is 19.4 Å². The zero-order valence-electron chi connectivity index (χ0n) is 19.3. The fraction of sp³-hybridized carbons (Fsp3) is 0.286. The van der Waals surface area contributed by atoms with E-state index in [0.29, 0.717) is 25.8 Å². The molecule has 0 fully saturated rings. The molecule has 0 saturated heterocycles. The van der Waals surface area contributed by atoms with Gasteiger partial charge in [0.25, 0.3) is 0 Å². The minimum absolute atomic E-state index is 0.00422. The van der Waals surface area contributed by atoms with E-state index in [1.54, 1.807) is 0 Å². The van der Waals surface area contributed by atoms with E-state index < -0.39 is 0 Å². The molecule has 0 saturated carbocycles. The molecule has 1 aliphatic heterocycles. The zero-order valence-corrected chi connectivity index (χ0v) is 19.3. The van der Waals surface area contributed by atoms with Crippen molar-refractivity contribution in [2.45, 2.75) is 32.4 Å². The summed E-state index contributed by atoms with van der Waals surface area (Å²) >= 11 is 0. The highest BCUT2D eigenvalue weighted by Crippen LogP contribution is 2.28. The third kappa shape index (κ3) is 5.88. The number of carbonyl (C=O) groups is 2. The summed E-state index contributed by atoms with van der Waals surface area (Å²) in [5.74, 6) is -0.194. The summed E-state index contributed by atoms with van der Waals surface area (Å²) in [7, 11) is 4.12. The molecule has 0 spiro atoms. The van der Waals surface area contributed by atoms with Crippen LogP contribution >= 0.6 is 0 Å². The van der Waals surface area contributed by atoms with Crippen LogP contribution in [0.3, 0.4) is 0 Å². The van der Waals surface area contributed by atoms with Crippen LogP contribution in [0.2, 0.25) is 0 Å². The van der Waals surface area contributed by atoms with E-state index in [2.05, 4.69) is 66.0 Å². The summed E-state index contributed by atoms with van der Waals surface area (Å²) in [4.78, 5) is 27.1. The molecule has 1 atom stereocenters. The highest BCUT2D eigenvalue weighted by Gasteiger charge is 2.26. The first-order valence-electron chi connectivity index (χ1n) is 11.5. The fourth-order valence-corrected chi connectivity index (χ4v) is 4.34. The molecule has 4 rings (SSSR count). The molecular formula is C28H31N3O2. The minimum Gasteiger partial charge on any atom is -0.352 e. The predicted octanol–water partition coefficient (Wildman–Crippen LogP) is 4.62. The van der Waals surface area contributed by atoms with Gasteiger partial charge in [0.05, 0.1) is 0 Å². The van der Waals surface area contributed by atoms with Gasteiger partial charge in [-0.15, -0.1) is 0 Å². The van der Waals surface area contributed by atoms with E-state index in [4.69, 9.17) is 0 Å². The lowest BCUT2D eigenvalue weighted by atomic mass is 9.89. The Kier molecular flexibility index (Phi) is 7.20. The smallest absolute Gasteiger partial charge is 0.227 e. The van der Waals surface area contributed by atoms with Gasteiger partial charge in [-0.05, 0) is 60.8 Å². The van der Waals surface area contributed by atoms with Gasteiger partial charge in [0, 0.05) is 31.1 Å². The second kappa shape index (κ2) is 10.5. The van der Waals surface area contributed by atoms with Crippen LogP contribution in [0.15, 0.2) is 72.8 Å². The summed E-state index contributed by atoms with van der Waals surface area (Å²) in [6.07, 6.45) is 1.56. The van der Waals surface area contributed by atoms with Crippen molar-refractivity contribution in [3.8, 4) is 11.1 Å². The normalized spacial score (nSPS) is 15.1. The van der Waals surface area contributed by atoms with E-state index in [0.717, 1.165) is 34.5 Å². The number of carbonyl (C=O) groups excluding carboxylic acids is 2. The maximum absolute atomic E-state index is 12.6. The van der Waals surface area contributed by atoms with E-state index in [1.165, 1.54) is 5.56 Å². The van der Waals surface area contributed by atoms with Gasteiger partial charge in [0.2, 0.25) is 11.8 Å². The van der Waals surface area contributed by atoms with Crippen LogP contribution in [0.4, 0.5) is 5.69 Å². The standard InChI is InChI=1S/C28H31N3O2/c1-31(2)19-20-11-13-21(14-12-20)25-9-5-3-8-24(25)18-29-27(32)16-15-23-17-22-7-4-6-10-26(22)30-28(23)33/h3-14,23H,15-19H2,1-2H3,(H,29,32)(H,30,33)/t23-/m0/s1. The van der Waals surface area contributed by atoms with Gasteiger partial charge in [-0.2, -0.15) is 0 Å². The average molecular weight is 442 g/mol. The van der Waals surface area contributed by atoms with Crippen molar-refractivity contribution >= 4 is 17.5 Å². The van der Waals surface area contributed by atoms with Crippen molar-refractivity contribution in [2.24, 2.45) is 5.92 Å². The van der Waals surface area contributed by atoms with Crippen LogP contribution < -0.4 is 10.6 Å². The molecule has 33 heavy (non-hydrogen) atoms. The number of benzene rings is 3. The Bertz CT molecular complexity index is 1120. The third-order valence-electron chi connectivity index (χ3n) is 6.09. The van der Waals surface area contributed by atoms with E-state index >= 15 is 0 Å². The molecule has 5 heteroatoms. The van der Waals surface area contributed by atoms with Crippen molar-refractivity contribution in [1.82, 2.24) is 10.2 Å². The number of rotatable bonds is 8. The van der Waals surface area contributed by atoms with Gasteiger partial charge in [-0.25, -0.2) is 0 Å². The molecule has 0 unspecified atom stereocenters. The number of nitrogens with zero attached hydrogens (tertiary/aromatic N) is 1. The Morgan fingerprint density at radius 1 is 1.00 bits per heavy atom. The van der Waals surface area contributed by atoms with Crippen molar-refractivity contribution in [3.05, 3.63) is 89.5 Å². The number of hydrogen-bond donors (Lipinski definition) is 2. The van der Waals surface area contributed by atoms with E-state index in [9.17, 15) is 9.59 Å². The minimum atomic E-state index is -0.168.